The summed E-state index contributed by atoms with van der Waals surface area (Å²) in [7, 11) is 0. The lowest BCUT2D eigenvalue weighted by Crippen LogP contribution is -2.55. The summed E-state index contributed by atoms with van der Waals surface area (Å²) in [5, 5.41) is 12.7. The second kappa shape index (κ2) is 6.86. The summed E-state index contributed by atoms with van der Waals surface area (Å²) in [5.74, 6) is 0.369. The summed E-state index contributed by atoms with van der Waals surface area (Å²) in [4.78, 5) is 19.3. The number of hydrogen-bond donors (Lipinski definition) is 2. The topological polar surface area (TPSA) is 74.6 Å². The second-order valence-electron chi connectivity index (χ2n) is 6.49. The van der Waals surface area contributed by atoms with E-state index in [1.54, 1.807) is 22.8 Å². The van der Waals surface area contributed by atoms with Crippen molar-refractivity contribution in [3.63, 3.8) is 0 Å². The molecule has 3 aromatic rings. The Hall–Kier alpha value is -2.16. The molecule has 7 nitrogen and oxygen atoms in total. The van der Waals surface area contributed by atoms with E-state index in [0.717, 1.165) is 18.6 Å². The van der Waals surface area contributed by atoms with Gasteiger partial charge in [0.2, 0.25) is 5.95 Å². The van der Waals surface area contributed by atoms with Gasteiger partial charge >= 0.3 is 0 Å². The van der Waals surface area contributed by atoms with Gasteiger partial charge in [-0.1, -0.05) is 11.6 Å². The molecule has 1 aliphatic rings. The predicted molar refractivity (Wildman–Crippen MR) is 105 cm³/mol. The van der Waals surface area contributed by atoms with Gasteiger partial charge in [-0.25, -0.2) is 9.50 Å². The SMILES string of the molecule is C[C@@H]1CN(c2ncc3ccc(C(=O)Nc4ccsc4Cl)n3n2)[C@H](C)CN1. The van der Waals surface area contributed by atoms with Crippen LogP contribution >= 0.6 is 22.9 Å². The second-order valence-corrected chi connectivity index (χ2v) is 8.00. The predicted octanol–water partition coefficient (Wildman–Crippen LogP) is 2.88. The Morgan fingerprint density at radius 3 is 3.00 bits per heavy atom. The maximum Gasteiger partial charge on any atom is 0.274 e. The average molecular weight is 391 g/mol. The zero-order valence-corrected chi connectivity index (χ0v) is 16.0. The molecule has 0 saturated carbocycles. The number of aromatic nitrogens is 3. The summed E-state index contributed by atoms with van der Waals surface area (Å²) in [6.07, 6.45) is 1.75. The van der Waals surface area contributed by atoms with Gasteiger partial charge in [0.15, 0.2) is 0 Å². The first kappa shape index (κ1) is 17.3. The van der Waals surface area contributed by atoms with E-state index in [1.807, 2.05) is 11.4 Å². The lowest BCUT2D eigenvalue weighted by molar-refractivity contribution is 0.102. The van der Waals surface area contributed by atoms with E-state index in [9.17, 15) is 4.79 Å². The van der Waals surface area contributed by atoms with Crippen LogP contribution in [-0.2, 0) is 0 Å². The number of piperazine rings is 1. The maximum atomic E-state index is 12.7. The van der Waals surface area contributed by atoms with E-state index in [0.29, 0.717) is 27.7 Å². The number of thiophene rings is 1. The standard InChI is InChI=1S/C17H19ClN6OS/c1-10-9-23(11(2)7-19-10)17-20-8-12-3-4-14(24(12)22-17)16(25)21-13-5-6-26-15(13)18/h3-6,8,10-11,19H,7,9H2,1-2H3,(H,21,25)/t10-,11-/m1/s1. The zero-order chi connectivity index (χ0) is 18.3. The number of amides is 1. The Labute approximate surface area is 160 Å². The van der Waals surface area contributed by atoms with Crippen LogP contribution in [0.25, 0.3) is 5.52 Å². The lowest BCUT2D eigenvalue weighted by atomic mass is 10.1. The van der Waals surface area contributed by atoms with Crippen molar-refractivity contribution in [2.24, 2.45) is 0 Å². The number of fused-ring (bicyclic) bond motifs is 1. The van der Waals surface area contributed by atoms with Crippen LogP contribution in [0.2, 0.25) is 4.34 Å². The van der Waals surface area contributed by atoms with E-state index >= 15 is 0 Å². The number of hydrogen-bond acceptors (Lipinski definition) is 6. The molecule has 0 unspecified atom stereocenters. The number of nitrogens with one attached hydrogen (secondary N) is 2. The number of rotatable bonds is 3. The van der Waals surface area contributed by atoms with Crippen LogP contribution in [0.1, 0.15) is 24.3 Å². The zero-order valence-electron chi connectivity index (χ0n) is 14.4. The molecule has 1 aliphatic heterocycles. The third-order valence-electron chi connectivity index (χ3n) is 4.51. The third kappa shape index (κ3) is 3.15. The van der Waals surface area contributed by atoms with Crippen LogP contribution in [-0.4, -0.2) is 45.7 Å². The van der Waals surface area contributed by atoms with Crippen molar-refractivity contribution in [3.05, 3.63) is 39.8 Å². The molecule has 9 heteroatoms. The number of anilines is 2. The highest BCUT2D eigenvalue weighted by molar-refractivity contribution is 7.15. The van der Waals surface area contributed by atoms with Gasteiger partial charge in [0.25, 0.3) is 5.91 Å². The molecule has 0 spiro atoms. The van der Waals surface area contributed by atoms with Crippen LogP contribution < -0.4 is 15.5 Å². The van der Waals surface area contributed by atoms with Gasteiger partial charge in [-0.2, -0.15) is 0 Å². The van der Waals surface area contributed by atoms with Crippen molar-refractivity contribution >= 4 is 46.0 Å². The van der Waals surface area contributed by atoms with Crippen molar-refractivity contribution in [3.8, 4) is 0 Å². The highest BCUT2D eigenvalue weighted by Crippen LogP contribution is 2.28. The molecule has 1 amide bonds. The molecule has 4 rings (SSSR count). The van der Waals surface area contributed by atoms with E-state index < -0.39 is 0 Å². The van der Waals surface area contributed by atoms with Gasteiger partial charge in [-0.15, -0.1) is 16.4 Å². The van der Waals surface area contributed by atoms with Gasteiger partial charge in [-0.05, 0) is 37.4 Å². The van der Waals surface area contributed by atoms with E-state index in [-0.39, 0.29) is 11.9 Å². The number of carbonyl (C=O) groups excluding carboxylic acids is 1. The Morgan fingerprint density at radius 2 is 2.23 bits per heavy atom. The number of nitrogens with zero attached hydrogens (tertiary/aromatic N) is 4. The third-order valence-corrected chi connectivity index (χ3v) is 5.68. The minimum absolute atomic E-state index is 0.253. The van der Waals surface area contributed by atoms with Crippen molar-refractivity contribution in [1.82, 2.24) is 19.9 Å². The van der Waals surface area contributed by atoms with Crippen molar-refractivity contribution in [1.29, 1.82) is 0 Å². The van der Waals surface area contributed by atoms with E-state index in [2.05, 4.69) is 39.5 Å². The highest BCUT2D eigenvalue weighted by atomic mass is 35.5. The molecule has 2 atom stereocenters. The molecule has 3 aromatic heterocycles. The van der Waals surface area contributed by atoms with Crippen LogP contribution in [0, 0.1) is 0 Å². The maximum absolute atomic E-state index is 12.7. The van der Waals surface area contributed by atoms with Gasteiger partial charge in [0.1, 0.15) is 10.0 Å². The molecule has 136 valence electrons. The highest BCUT2D eigenvalue weighted by Gasteiger charge is 2.25. The molecule has 0 bridgehead atoms. The summed E-state index contributed by atoms with van der Waals surface area (Å²) in [5.41, 5.74) is 1.82. The van der Waals surface area contributed by atoms with Crippen LogP contribution in [0.5, 0.6) is 0 Å². The Kier molecular flexibility index (Phi) is 4.56. The van der Waals surface area contributed by atoms with Crippen LogP contribution in [0.3, 0.4) is 0 Å². The van der Waals surface area contributed by atoms with Gasteiger partial charge < -0.3 is 15.5 Å². The monoisotopic (exact) mass is 390 g/mol. The minimum Gasteiger partial charge on any atom is -0.334 e. The number of carbonyl (C=O) groups is 1. The molecule has 0 aliphatic carbocycles. The number of halogens is 1. The Bertz CT molecular complexity index is 954. The van der Waals surface area contributed by atoms with Gasteiger partial charge in [0.05, 0.1) is 17.4 Å². The molecular weight excluding hydrogens is 372 g/mol. The summed E-state index contributed by atoms with van der Waals surface area (Å²) in [6, 6.07) is 6.00. The largest absolute Gasteiger partial charge is 0.334 e. The van der Waals surface area contributed by atoms with E-state index in [4.69, 9.17) is 11.6 Å². The molecule has 0 aromatic carbocycles. The normalized spacial score (nSPS) is 20.5. The molecule has 1 fully saturated rings. The Morgan fingerprint density at radius 1 is 1.38 bits per heavy atom. The molecule has 26 heavy (non-hydrogen) atoms. The van der Waals surface area contributed by atoms with Gasteiger partial charge in [-0.3, -0.25) is 4.79 Å². The molecule has 2 N–H and O–H groups in total. The van der Waals surface area contributed by atoms with Crippen LogP contribution in [0.4, 0.5) is 11.6 Å². The van der Waals surface area contributed by atoms with Crippen LogP contribution in [0.15, 0.2) is 29.8 Å². The van der Waals surface area contributed by atoms with Gasteiger partial charge in [0, 0.05) is 25.2 Å². The molecular formula is C17H19ClN6OS. The molecule has 4 heterocycles. The molecule has 0 radical (unpaired) electrons. The fraction of sp³-hybridized carbons (Fsp3) is 0.353. The average Bonchev–Trinajstić information content (AvgIpc) is 3.23. The first-order valence-corrected chi connectivity index (χ1v) is 9.68. The minimum atomic E-state index is -0.253. The summed E-state index contributed by atoms with van der Waals surface area (Å²) in [6.45, 7) is 5.96. The lowest BCUT2D eigenvalue weighted by Gasteiger charge is -2.37. The molecule has 1 saturated heterocycles. The quantitative estimate of drug-likeness (QED) is 0.719. The first-order valence-electron chi connectivity index (χ1n) is 8.42. The Balaban J connectivity index is 1.66. The first-order chi connectivity index (χ1) is 12.5. The van der Waals surface area contributed by atoms with Crippen molar-refractivity contribution < 1.29 is 4.79 Å². The summed E-state index contributed by atoms with van der Waals surface area (Å²) >= 11 is 7.45. The van der Waals surface area contributed by atoms with E-state index in [1.165, 1.54) is 11.3 Å². The smallest absolute Gasteiger partial charge is 0.274 e. The fourth-order valence-corrected chi connectivity index (χ4v) is 3.90. The summed E-state index contributed by atoms with van der Waals surface area (Å²) < 4.78 is 2.19. The van der Waals surface area contributed by atoms with Crippen molar-refractivity contribution in [2.75, 3.05) is 23.3 Å². The fourth-order valence-electron chi connectivity index (χ4n) is 3.06. The van der Waals surface area contributed by atoms with Crippen molar-refractivity contribution in [2.45, 2.75) is 25.9 Å².